The van der Waals surface area contributed by atoms with Crippen molar-refractivity contribution >= 4 is 46.3 Å². The molecule has 0 radical (unpaired) electrons. The van der Waals surface area contributed by atoms with Crippen molar-refractivity contribution in [2.45, 2.75) is 64.0 Å². The van der Waals surface area contributed by atoms with Crippen LogP contribution in [0.3, 0.4) is 0 Å². The van der Waals surface area contributed by atoms with E-state index in [-0.39, 0.29) is 17.9 Å². The Balaban J connectivity index is 1.33. The SMILES string of the molecule is [C-]#[N+]c1ncc(N2C(=O)C3(CCC3)N(c3ccc(OC4CCN(C(=O)CC)CC4)cc3)C2=S)cc1C. The van der Waals surface area contributed by atoms with Crippen molar-refractivity contribution in [3.8, 4) is 5.75 Å². The summed E-state index contributed by atoms with van der Waals surface area (Å²) in [5.41, 5.74) is 1.49. The number of ether oxygens (including phenoxy) is 1. The van der Waals surface area contributed by atoms with E-state index in [2.05, 4.69) is 9.83 Å². The van der Waals surface area contributed by atoms with Crippen molar-refractivity contribution in [1.82, 2.24) is 9.88 Å². The largest absolute Gasteiger partial charge is 0.490 e. The molecule has 2 aromatic rings. The van der Waals surface area contributed by atoms with Gasteiger partial charge >= 0.3 is 0 Å². The summed E-state index contributed by atoms with van der Waals surface area (Å²) in [6.45, 7) is 12.4. The maximum absolute atomic E-state index is 13.7. The van der Waals surface area contributed by atoms with E-state index in [1.165, 1.54) is 0 Å². The lowest BCUT2D eigenvalue weighted by molar-refractivity contribution is -0.132. The molecular formula is C27H29N5O3S. The van der Waals surface area contributed by atoms with E-state index in [4.69, 9.17) is 23.5 Å². The van der Waals surface area contributed by atoms with Crippen LogP contribution in [-0.4, -0.2) is 51.5 Å². The monoisotopic (exact) mass is 503 g/mol. The van der Waals surface area contributed by atoms with Crippen LogP contribution in [0.1, 0.15) is 51.0 Å². The third kappa shape index (κ3) is 3.99. The number of likely N-dealkylation sites (tertiary alicyclic amines) is 1. The predicted molar refractivity (Wildman–Crippen MR) is 141 cm³/mol. The molecular weight excluding hydrogens is 474 g/mol. The lowest BCUT2D eigenvalue weighted by Gasteiger charge is -2.43. The van der Waals surface area contributed by atoms with Crippen LogP contribution in [-0.2, 0) is 9.59 Å². The van der Waals surface area contributed by atoms with E-state index in [0.717, 1.165) is 56.6 Å². The highest BCUT2D eigenvalue weighted by Gasteiger charge is 2.59. The molecule has 3 fully saturated rings. The summed E-state index contributed by atoms with van der Waals surface area (Å²) in [4.78, 5) is 38.7. The van der Waals surface area contributed by atoms with Gasteiger partial charge in [0, 0.05) is 38.0 Å². The summed E-state index contributed by atoms with van der Waals surface area (Å²) in [6.07, 6.45) is 6.24. The normalized spacial score (nSPS) is 19.4. The zero-order valence-corrected chi connectivity index (χ0v) is 21.4. The smallest absolute Gasteiger partial charge is 0.272 e. The van der Waals surface area contributed by atoms with Crippen molar-refractivity contribution in [1.29, 1.82) is 0 Å². The number of benzene rings is 1. The number of aryl methyl sites for hydroxylation is 1. The van der Waals surface area contributed by atoms with Gasteiger partial charge in [-0.05, 0) is 74.3 Å². The first-order valence-corrected chi connectivity index (χ1v) is 12.9. The first-order valence-electron chi connectivity index (χ1n) is 12.5. The van der Waals surface area contributed by atoms with Crippen LogP contribution < -0.4 is 14.5 Å². The van der Waals surface area contributed by atoms with Crippen molar-refractivity contribution in [2.24, 2.45) is 0 Å². The molecule has 2 aliphatic heterocycles. The third-order valence-corrected chi connectivity index (χ3v) is 7.85. The number of nitrogens with zero attached hydrogens (tertiary/aromatic N) is 5. The number of thiocarbonyl (C=S) groups is 1. The molecule has 1 saturated carbocycles. The summed E-state index contributed by atoms with van der Waals surface area (Å²) >= 11 is 5.84. The number of aromatic nitrogens is 1. The van der Waals surface area contributed by atoms with Crippen LogP contribution >= 0.6 is 12.2 Å². The van der Waals surface area contributed by atoms with Gasteiger partial charge in [0.25, 0.3) is 11.7 Å². The molecule has 2 saturated heterocycles. The van der Waals surface area contributed by atoms with Gasteiger partial charge in [0.15, 0.2) is 5.11 Å². The van der Waals surface area contributed by atoms with Gasteiger partial charge in [-0.1, -0.05) is 13.5 Å². The van der Waals surface area contributed by atoms with E-state index in [1.807, 2.05) is 47.9 Å². The minimum atomic E-state index is -0.676. The molecule has 36 heavy (non-hydrogen) atoms. The minimum Gasteiger partial charge on any atom is -0.490 e. The predicted octanol–water partition coefficient (Wildman–Crippen LogP) is 4.78. The zero-order chi connectivity index (χ0) is 25.4. The first-order chi connectivity index (χ1) is 17.4. The minimum absolute atomic E-state index is 0.0378. The molecule has 2 amide bonds. The number of pyridine rings is 1. The lowest BCUT2D eigenvalue weighted by atomic mass is 9.75. The van der Waals surface area contributed by atoms with Gasteiger partial charge in [-0.25, -0.2) is 0 Å². The molecule has 0 bridgehead atoms. The van der Waals surface area contributed by atoms with Crippen LogP contribution in [0.5, 0.6) is 5.75 Å². The number of carbonyl (C=O) groups excluding carboxylic acids is 2. The molecule has 186 valence electrons. The standard InChI is InChI=1S/C27H29N5O3S/c1-4-23(33)30-14-10-22(11-15-30)35-21-8-6-19(7-9-21)32-26(36)31(25(34)27(32)12-5-13-27)20-16-18(2)24(28-3)29-17-20/h6-9,16-17,22H,4-5,10-15H2,1-2H3. The Morgan fingerprint density at radius 1 is 1.22 bits per heavy atom. The number of rotatable bonds is 5. The molecule has 8 nitrogen and oxygen atoms in total. The van der Waals surface area contributed by atoms with E-state index >= 15 is 0 Å². The van der Waals surface area contributed by atoms with Crippen molar-refractivity contribution in [3.05, 3.63) is 53.5 Å². The van der Waals surface area contributed by atoms with E-state index < -0.39 is 5.54 Å². The van der Waals surface area contributed by atoms with E-state index in [1.54, 1.807) is 17.2 Å². The molecule has 0 atom stereocenters. The fourth-order valence-corrected chi connectivity index (χ4v) is 5.78. The van der Waals surface area contributed by atoms with Crippen molar-refractivity contribution in [2.75, 3.05) is 22.9 Å². The average molecular weight is 504 g/mol. The van der Waals surface area contributed by atoms with Crippen LogP contribution in [0.15, 0.2) is 36.5 Å². The quantitative estimate of drug-likeness (QED) is 0.432. The van der Waals surface area contributed by atoms with Gasteiger partial charge < -0.3 is 19.4 Å². The van der Waals surface area contributed by atoms with Gasteiger partial charge in [-0.3, -0.25) is 14.5 Å². The van der Waals surface area contributed by atoms with E-state index in [9.17, 15) is 9.59 Å². The number of hydrogen-bond donors (Lipinski definition) is 0. The van der Waals surface area contributed by atoms with E-state index in [0.29, 0.717) is 28.6 Å². The molecule has 3 aliphatic rings. The second-order valence-corrected chi connectivity index (χ2v) is 10.0. The number of amides is 2. The zero-order valence-electron chi connectivity index (χ0n) is 20.6. The molecule has 1 spiro atoms. The summed E-state index contributed by atoms with van der Waals surface area (Å²) < 4.78 is 6.20. The van der Waals surface area contributed by atoms with Gasteiger partial charge in [-0.2, -0.15) is 0 Å². The Morgan fingerprint density at radius 3 is 2.47 bits per heavy atom. The van der Waals surface area contributed by atoms with Crippen LogP contribution in [0.2, 0.25) is 0 Å². The van der Waals surface area contributed by atoms with Crippen LogP contribution in [0.25, 0.3) is 4.85 Å². The highest BCUT2D eigenvalue weighted by atomic mass is 32.1. The van der Waals surface area contributed by atoms with Gasteiger partial charge in [0.1, 0.15) is 23.6 Å². The van der Waals surface area contributed by atoms with Crippen molar-refractivity contribution in [3.63, 3.8) is 0 Å². The highest BCUT2D eigenvalue weighted by Crippen LogP contribution is 2.48. The number of anilines is 2. The summed E-state index contributed by atoms with van der Waals surface area (Å²) in [5.74, 6) is 1.25. The molecule has 1 aliphatic carbocycles. The van der Waals surface area contributed by atoms with Gasteiger partial charge in [0.05, 0.1) is 5.69 Å². The number of piperidine rings is 1. The molecule has 9 heteroatoms. The molecule has 5 rings (SSSR count). The van der Waals surface area contributed by atoms with Gasteiger partial charge in [-0.15, -0.1) is 4.98 Å². The fourth-order valence-electron chi connectivity index (χ4n) is 5.31. The number of hydrogen-bond acceptors (Lipinski definition) is 5. The van der Waals surface area contributed by atoms with Crippen LogP contribution in [0, 0.1) is 13.5 Å². The van der Waals surface area contributed by atoms with Gasteiger partial charge in [0.2, 0.25) is 5.91 Å². The highest BCUT2D eigenvalue weighted by molar-refractivity contribution is 7.81. The lowest BCUT2D eigenvalue weighted by Crippen LogP contribution is -2.55. The molecule has 0 N–H and O–H groups in total. The Bertz CT molecular complexity index is 1240. The Kier molecular flexibility index (Phi) is 6.39. The molecule has 0 unspecified atom stereocenters. The molecule has 1 aromatic carbocycles. The van der Waals surface area contributed by atoms with Crippen molar-refractivity contribution < 1.29 is 14.3 Å². The third-order valence-electron chi connectivity index (χ3n) is 7.49. The maximum Gasteiger partial charge on any atom is 0.272 e. The number of carbonyl (C=O) groups is 2. The molecule has 3 heterocycles. The first kappa shape index (κ1) is 24.2. The fraction of sp³-hybridized carbons (Fsp3) is 0.444. The van der Waals surface area contributed by atoms with Crippen LogP contribution in [0.4, 0.5) is 17.2 Å². The second-order valence-electron chi connectivity index (χ2n) is 9.63. The average Bonchev–Trinajstić information content (AvgIpc) is 3.11. The summed E-state index contributed by atoms with van der Waals surface area (Å²) in [7, 11) is 0. The summed E-state index contributed by atoms with van der Waals surface area (Å²) in [5, 5.41) is 0.429. The summed E-state index contributed by atoms with van der Waals surface area (Å²) in [6, 6.07) is 9.57. The Morgan fingerprint density at radius 2 is 1.92 bits per heavy atom. The topological polar surface area (TPSA) is 70.3 Å². The second kappa shape index (κ2) is 9.51. The maximum atomic E-state index is 13.7. The Labute approximate surface area is 216 Å². The molecule has 1 aromatic heterocycles. The Hall–Kier alpha value is -3.51.